The molecule has 1 aliphatic rings. The molecule has 0 saturated carbocycles. The largest absolute Gasteiger partial charge is 3.00 e. The Kier molecular flexibility index (Phi) is 15.1. The Labute approximate surface area is 409 Å². The fourth-order valence-electron chi connectivity index (χ4n) is 9.34. The Hall–Kier alpha value is -4.43. The zero-order valence-electron chi connectivity index (χ0n) is 37.5. The molecule has 4 heteroatoms. The average molecular weight is 954 g/mol. The number of fused-ring (bicyclic) bond motifs is 6. The van der Waals surface area contributed by atoms with Gasteiger partial charge in [0.05, 0.1) is 0 Å². The molecule has 10 rings (SSSR count). The number of hydrogen-bond acceptors (Lipinski definition) is 0. The van der Waals surface area contributed by atoms with E-state index >= 15 is 0 Å². The predicted molar refractivity (Wildman–Crippen MR) is 264 cm³/mol. The van der Waals surface area contributed by atoms with Crippen molar-refractivity contribution in [2.75, 3.05) is 0 Å². The van der Waals surface area contributed by atoms with Gasteiger partial charge in [-0.3, -0.25) is 0 Å². The molecule has 1 unspecified atom stereocenters. The first-order valence-electron chi connectivity index (χ1n) is 21.8. The molecular formula is C59H55Cl2SiZr. The van der Waals surface area contributed by atoms with Crippen LogP contribution in [0.1, 0.15) is 95.0 Å². The van der Waals surface area contributed by atoms with Crippen LogP contribution in [-0.4, -0.2) is 9.52 Å². The molecule has 0 aliphatic heterocycles. The molecule has 0 spiro atoms. The van der Waals surface area contributed by atoms with E-state index in [1.165, 1.54) is 98.0 Å². The van der Waals surface area contributed by atoms with Gasteiger partial charge in [-0.15, -0.1) is 33.7 Å². The molecule has 0 N–H and O–H groups in total. The van der Waals surface area contributed by atoms with Crippen LogP contribution in [-0.2, 0) is 37.0 Å². The first-order chi connectivity index (χ1) is 29.0. The van der Waals surface area contributed by atoms with Gasteiger partial charge < -0.3 is 24.8 Å². The maximum Gasteiger partial charge on any atom is 3.00 e. The Morgan fingerprint density at radius 1 is 0.524 bits per heavy atom. The first kappa shape index (κ1) is 48.0. The summed E-state index contributed by atoms with van der Waals surface area (Å²) in [5, 5.41) is 13.6. The molecule has 1 atom stereocenters. The summed E-state index contributed by atoms with van der Waals surface area (Å²) in [4.78, 5) is 0. The molecule has 3 radical (unpaired) electrons. The van der Waals surface area contributed by atoms with Crippen LogP contribution >= 0.6 is 0 Å². The van der Waals surface area contributed by atoms with Crippen LogP contribution in [0.15, 0.2) is 175 Å². The second-order valence-electron chi connectivity index (χ2n) is 18.7. The van der Waals surface area contributed by atoms with Crippen LogP contribution in [0.25, 0.3) is 60.3 Å². The van der Waals surface area contributed by atoms with Crippen molar-refractivity contribution in [3.8, 4) is 11.1 Å². The van der Waals surface area contributed by atoms with Crippen molar-refractivity contribution in [1.82, 2.24) is 0 Å². The normalized spacial score (nSPS) is 13.4. The van der Waals surface area contributed by atoms with Crippen LogP contribution < -0.4 is 35.2 Å². The standard InChI is InChI=1S/C47H45.C12H10Si.2ClH.Zr/c1-8-14-32-25-40-37(19-13-20-38(40)45-35-17-11-9-15-29(35)23-30-16-10-12-18-36(30)45)44(32)43-28-34(47(5,6)7)27-42-39-26-33(46(2,3)4)22-21-31(39)24-41(42)43;1-3-7-11(8-4-1)13-12-9-5-2-6-10-12;;;/h9-13,15-28,44H,8,14H2,1-7H3;1-10H;2*1H;/q-1;;;;+3/p-2. The van der Waals surface area contributed by atoms with Gasteiger partial charge in [0.25, 0.3) is 0 Å². The molecule has 0 aromatic heterocycles. The van der Waals surface area contributed by atoms with Crippen molar-refractivity contribution in [3.05, 3.63) is 203 Å². The molecule has 9 aromatic rings. The Morgan fingerprint density at radius 3 is 1.65 bits per heavy atom. The van der Waals surface area contributed by atoms with Crippen LogP contribution in [0.5, 0.6) is 0 Å². The minimum absolute atomic E-state index is 0. The van der Waals surface area contributed by atoms with E-state index in [2.05, 4.69) is 224 Å². The third-order valence-corrected chi connectivity index (χ3v) is 13.7. The summed E-state index contributed by atoms with van der Waals surface area (Å²) in [6.45, 7) is 16.4. The van der Waals surface area contributed by atoms with E-state index in [4.69, 9.17) is 0 Å². The number of allylic oxidation sites excluding steroid dienone is 1. The Morgan fingerprint density at radius 2 is 1.08 bits per heavy atom. The summed E-state index contributed by atoms with van der Waals surface area (Å²) in [6, 6.07) is 63.1. The third-order valence-electron chi connectivity index (χ3n) is 12.5. The van der Waals surface area contributed by atoms with Crippen LogP contribution in [0.2, 0.25) is 0 Å². The van der Waals surface area contributed by atoms with Gasteiger partial charge in [0.2, 0.25) is 0 Å². The molecule has 0 fully saturated rings. The van der Waals surface area contributed by atoms with Crippen LogP contribution in [0, 0.1) is 0 Å². The van der Waals surface area contributed by atoms with E-state index in [9.17, 15) is 0 Å². The number of hydrogen-bond donors (Lipinski definition) is 0. The molecule has 0 nitrogen and oxygen atoms in total. The monoisotopic (exact) mass is 951 g/mol. The summed E-state index contributed by atoms with van der Waals surface area (Å²) in [6.07, 6.45) is 4.78. The third kappa shape index (κ3) is 9.67. The molecule has 1 aliphatic carbocycles. The zero-order chi connectivity index (χ0) is 41.6. The molecule has 313 valence electrons. The van der Waals surface area contributed by atoms with Crippen molar-refractivity contribution in [2.24, 2.45) is 0 Å². The SMILES string of the molecule is CCCC1=Cc2c(-c3c4ccccc4cc4ccccc34)cccc2C1c1cc(C(C)(C)C)cc2c1[cH-]c1ccc(C(C)(C)C)cc12.[Cl-].[Cl-].[Zr+3].c1ccc([Si]c2ccccc2)cc1. The fourth-order valence-corrected chi connectivity index (χ4v) is 10.4. The van der Waals surface area contributed by atoms with Gasteiger partial charge in [0.1, 0.15) is 9.52 Å². The summed E-state index contributed by atoms with van der Waals surface area (Å²) in [5.74, 6) is 0.231. The Balaban J connectivity index is 0.000000355. The Bertz CT molecular complexity index is 2950. The van der Waals surface area contributed by atoms with Crippen molar-refractivity contribution in [2.45, 2.75) is 78.1 Å². The van der Waals surface area contributed by atoms with Gasteiger partial charge in [0.15, 0.2) is 0 Å². The number of halogens is 2. The van der Waals surface area contributed by atoms with Crippen molar-refractivity contribution >= 4 is 69.1 Å². The smallest absolute Gasteiger partial charge is 1.00 e. The van der Waals surface area contributed by atoms with Gasteiger partial charge in [-0.25, -0.2) is 0 Å². The van der Waals surface area contributed by atoms with Crippen molar-refractivity contribution < 1.29 is 51.0 Å². The molecule has 63 heavy (non-hydrogen) atoms. The van der Waals surface area contributed by atoms with E-state index < -0.39 is 0 Å². The van der Waals surface area contributed by atoms with E-state index in [-0.39, 0.29) is 67.8 Å². The van der Waals surface area contributed by atoms with Gasteiger partial charge in [-0.2, -0.15) is 0 Å². The van der Waals surface area contributed by atoms with E-state index in [1.807, 2.05) is 0 Å². The summed E-state index contributed by atoms with van der Waals surface area (Å²) in [5.41, 5.74) is 11.5. The minimum atomic E-state index is 0. The number of rotatable bonds is 6. The van der Waals surface area contributed by atoms with Crippen LogP contribution in [0.3, 0.4) is 0 Å². The maximum atomic E-state index is 2.56. The quantitative estimate of drug-likeness (QED) is 0.0888. The second-order valence-corrected chi connectivity index (χ2v) is 20.1. The molecule has 0 amide bonds. The van der Waals surface area contributed by atoms with Crippen LogP contribution in [0.4, 0.5) is 0 Å². The molecule has 0 saturated heterocycles. The van der Waals surface area contributed by atoms with Gasteiger partial charge in [-0.1, -0.05) is 245 Å². The molecule has 0 bridgehead atoms. The first-order valence-corrected chi connectivity index (χ1v) is 22.8. The molecule has 0 heterocycles. The summed E-state index contributed by atoms with van der Waals surface area (Å²) < 4.78 is 0. The fraction of sp³-hybridized carbons (Fsp3) is 0.203. The summed E-state index contributed by atoms with van der Waals surface area (Å²) >= 11 is 0. The van der Waals surface area contributed by atoms with E-state index in [1.54, 1.807) is 0 Å². The van der Waals surface area contributed by atoms with Crippen molar-refractivity contribution in [3.63, 3.8) is 0 Å². The zero-order valence-corrected chi connectivity index (χ0v) is 42.5. The minimum Gasteiger partial charge on any atom is -1.00 e. The predicted octanol–water partition coefficient (Wildman–Crippen LogP) is 8.96. The number of benzene rings is 8. The second kappa shape index (κ2) is 19.8. The van der Waals surface area contributed by atoms with Crippen molar-refractivity contribution in [1.29, 1.82) is 0 Å². The van der Waals surface area contributed by atoms with E-state index in [0.29, 0.717) is 0 Å². The maximum absolute atomic E-state index is 2.56. The average Bonchev–Trinajstić information content (AvgIpc) is 3.81. The summed E-state index contributed by atoms with van der Waals surface area (Å²) in [7, 11) is 0.777. The van der Waals surface area contributed by atoms with E-state index in [0.717, 1.165) is 22.4 Å². The van der Waals surface area contributed by atoms with Gasteiger partial charge in [-0.05, 0) is 67.1 Å². The topological polar surface area (TPSA) is 0 Å². The van der Waals surface area contributed by atoms with Gasteiger partial charge in [0, 0.05) is 5.92 Å². The molecular weight excluding hydrogens is 899 g/mol. The van der Waals surface area contributed by atoms with Gasteiger partial charge >= 0.3 is 26.2 Å². The molecule has 9 aromatic carbocycles.